The Morgan fingerprint density at radius 1 is 1.04 bits per heavy atom. The number of halogens is 1. The van der Waals surface area contributed by atoms with Crippen LogP contribution in [0, 0.1) is 3.57 Å². The molecule has 2 aromatic rings. The highest BCUT2D eigenvalue weighted by Gasteiger charge is 2.11. The molecule has 6 nitrogen and oxygen atoms in total. The van der Waals surface area contributed by atoms with Crippen LogP contribution in [-0.4, -0.2) is 32.6 Å². The average Bonchev–Trinajstić information content (AvgIpc) is 2.64. The Morgan fingerprint density at radius 2 is 1.80 bits per heavy atom. The average molecular weight is 454 g/mol. The number of carbonyl (C=O) groups is 2. The lowest BCUT2D eigenvalue weighted by atomic mass is 10.2. The van der Waals surface area contributed by atoms with Crippen molar-refractivity contribution < 1.29 is 19.1 Å². The molecule has 7 heteroatoms. The highest BCUT2D eigenvalue weighted by molar-refractivity contribution is 14.1. The number of amides is 2. The third-order valence-electron chi connectivity index (χ3n) is 3.50. The smallest absolute Gasteiger partial charge is 0.252 e. The summed E-state index contributed by atoms with van der Waals surface area (Å²) >= 11 is 2.08. The minimum atomic E-state index is -0.280. The number of methoxy groups -OCH3 is 2. The lowest BCUT2D eigenvalue weighted by Crippen LogP contribution is -2.36. The van der Waals surface area contributed by atoms with Gasteiger partial charge in [0.1, 0.15) is 11.5 Å². The number of hydrogen-bond acceptors (Lipinski definition) is 4. The van der Waals surface area contributed by atoms with E-state index in [0.717, 1.165) is 9.13 Å². The summed E-state index contributed by atoms with van der Waals surface area (Å²) in [6.45, 7) is 0.201. The van der Waals surface area contributed by atoms with Crippen LogP contribution < -0.4 is 20.1 Å². The predicted molar refractivity (Wildman–Crippen MR) is 103 cm³/mol. The van der Waals surface area contributed by atoms with Crippen LogP contribution in [0.25, 0.3) is 0 Å². The van der Waals surface area contributed by atoms with Crippen LogP contribution in [0.1, 0.15) is 15.9 Å². The number of carbonyl (C=O) groups excluding carboxylic acids is 2. The fourth-order valence-electron chi connectivity index (χ4n) is 2.16. The fraction of sp³-hybridized carbons (Fsp3) is 0.222. The van der Waals surface area contributed by atoms with Gasteiger partial charge in [-0.25, -0.2) is 0 Å². The van der Waals surface area contributed by atoms with Gasteiger partial charge < -0.3 is 20.1 Å². The molecular weight excluding hydrogens is 435 g/mol. The van der Waals surface area contributed by atoms with E-state index in [1.165, 1.54) is 0 Å². The second-order valence-corrected chi connectivity index (χ2v) is 6.28. The molecule has 132 valence electrons. The summed E-state index contributed by atoms with van der Waals surface area (Å²) in [5.74, 6) is 0.749. The Kier molecular flexibility index (Phi) is 7.05. The van der Waals surface area contributed by atoms with E-state index in [0.29, 0.717) is 23.6 Å². The maximum Gasteiger partial charge on any atom is 0.252 e. The van der Waals surface area contributed by atoms with Gasteiger partial charge in [0.25, 0.3) is 5.91 Å². The maximum absolute atomic E-state index is 12.1. The summed E-state index contributed by atoms with van der Waals surface area (Å²) in [6.07, 6.45) is 0. The van der Waals surface area contributed by atoms with Gasteiger partial charge in [-0.2, -0.15) is 0 Å². The zero-order valence-corrected chi connectivity index (χ0v) is 16.1. The SMILES string of the molecule is COc1ccc(CNC(=O)CNC(=O)c2ccccc2I)c(OC)c1. The maximum atomic E-state index is 12.1. The molecule has 0 aliphatic rings. The van der Waals surface area contributed by atoms with Crippen LogP contribution in [0.5, 0.6) is 11.5 Å². The standard InChI is InChI=1S/C18H19IN2O4/c1-24-13-8-7-12(16(9-13)25-2)10-20-17(22)11-21-18(23)14-5-3-4-6-15(14)19/h3-9H,10-11H2,1-2H3,(H,20,22)(H,21,23). The van der Waals surface area contributed by atoms with E-state index in [-0.39, 0.29) is 18.4 Å². The van der Waals surface area contributed by atoms with Crippen LogP contribution in [0.4, 0.5) is 0 Å². The first-order chi connectivity index (χ1) is 12.0. The second kappa shape index (κ2) is 9.26. The normalized spacial score (nSPS) is 10.0. The lowest BCUT2D eigenvalue weighted by molar-refractivity contribution is -0.120. The highest BCUT2D eigenvalue weighted by Crippen LogP contribution is 2.24. The summed E-state index contributed by atoms with van der Waals surface area (Å²) in [5.41, 5.74) is 1.37. The summed E-state index contributed by atoms with van der Waals surface area (Å²) in [7, 11) is 3.13. The first kappa shape index (κ1) is 19.0. The van der Waals surface area contributed by atoms with Crippen LogP contribution in [0.15, 0.2) is 42.5 Å². The zero-order chi connectivity index (χ0) is 18.2. The molecule has 25 heavy (non-hydrogen) atoms. The van der Waals surface area contributed by atoms with Crippen molar-refractivity contribution in [3.8, 4) is 11.5 Å². The third kappa shape index (κ3) is 5.35. The van der Waals surface area contributed by atoms with Gasteiger partial charge in [0.15, 0.2) is 0 Å². The molecule has 0 saturated heterocycles. The molecule has 2 rings (SSSR count). The van der Waals surface area contributed by atoms with E-state index in [1.807, 2.05) is 18.2 Å². The molecule has 0 spiro atoms. The van der Waals surface area contributed by atoms with Crippen LogP contribution in [-0.2, 0) is 11.3 Å². The summed E-state index contributed by atoms with van der Waals surface area (Å²) in [6, 6.07) is 12.6. The molecule has 0 atom stereocenters. The van der Waals surface area contributed by atoms with Crippen molar-refractivity contribution in [2.45, 2.75) is 6.54 Å². The number of ether oxygens (including phenoxy) is 2. The van der Waals surface area contributed by atoms with Crippen molar-refractivity contribution >= 4 is 34.4 Å². The van der Waals surface area contributed by atoms with Crippen molar-refractivity contribution in [1.29, 1.82) is 0 Å². The third-order valence-corrected chi connectivity index (χ3v) is 4.44. The molecule has 0 unspecified atom stereocenters. The quantitative estimate of drug-likeness (QED) is 0.630. The summed E-state index contributed by atoms with van der Waals surface area (Å²) in [4.78, 5) is 24.1. The van der Waals surface area contributed by atoms with E-state index < -0.39 is 0 Å². The molecular formula is C18H19IN2O4. The molecule has 2 amide bonds. The van der Waals surface area contributed by atoms with Crippen molar-refractivity contribution in [3.63, 3.8) is 0 Å². The number of nitrogens with one attached hydrogen (secondary N) is 2. The first-order valence-corrected chi connectivity index (χ1v) is 8.63. The van der Waals surface area contributed by atoms with Gasteiger partial charge in [0.05, 0.1) is 26.3 Å². The van der Waals surface area contributed by atoms with E-state index in [1.54, 1.807) is 38.5 Å². The van der Waals surface area contributed by atoms with Gasteiger partial charge in [0, 0.05) is 21.7 Å². The highest BCUT2D eigenvalue weighted by atomic mass is 127. The predicted octanol–water partition coefficient (Wildman–Crippen LogP) is 2.35. The number of benzene rings is 2. The fourth-order valence-corrected chi connectivity index (χ4v) is 2.79. The molecule has 0 aliphatic heterocycles. The minimum Gasteiger partial charge on any atom is -0.497 e. The zero-order valence-electron chi connectivity index (χ0n) is 14.0. The Bertz CT molecular complexity index is 764. The van der Waals surface area contributed by atoms with Crippen molar-refractivity contribution in [1.82, 2.24) is 10.6 Å². The van der Waals surface area contributed by atoms with Gasteiger partial charge in [0.2, 0.25) is 5.91 Å². The summed E-state index contributed by atoms with van der Waals surface area (Å²) in [5, 5.41) is 5.37. The molecule has 0 fully saturated rings. The van der Waals surface area contributed by atoms with Gasteiger partial charge >= 0.3 is 0 Å². The van der Waals surface area contributed by atoms with E-state index in [2.05, 4.69) is 33.2 Å². The Morgan fingerprint density at radius 3 is 2.48 bits per heavy atom. The minimum absolute atomic E-state index is 0.0950. The van der Waals surface area contributed by atoms with Crippen molar-refractivity contribution in [2.75, 3.05) is 20.8 Å². The van der Waals surface area contributed by atoms with Crippen LogP contribution in [0.3, 0.4) is 0 Å². The van der Waals surface area contributed by atoms with E-state index >= 15 is 0 Å². The molecule has 2 N–H and O–H groups in total. The largest absolute Gasteiger partial charge is 0.497 e. The molecule has 0 aromatic heterocycles. The van der Waals surface area contributed by atoms with E-state index in [9.17, 15) is 9.59 Å². The summed E-state index contributed by atoms with van der Waals surface area (Å²) < 4.78 is 11.3. The monoisotopic (exact) mass is 454 g/mol. The van der Waals surface area contributed by atoms with Gasteiger partial charge in [-0.15, -0.1) is 0 Å². The first-order valence-electron chi connectivity index (χ1n) is 7.55. The van der Waals surface area contributed by atoms with Gasteiger partial charge in [-0.05, 0) is 46.9 Å². The second-order valence-electron chi connectivity index (χ2n) is 5.12. The van der Waals surface area contributed by atoms with Crippen LogP contribution >= 0.6 is 22.6 Å². The van der Waals surface area contributed by atoms with Crippen molar-refractivity contribution in [3.05, 3.63) is 57.2 Å². The molecule has 0 radical (unpaired) electrons. The Hall–Kier alpha value is -2.29. The topological polar surface area (TPSA) is 76.7 Å². The van der Waals surface area contributed by atoms with E-state index in [4.69, 9.17) is 9.47 Å². The molecule has 0 bridgehead atoms. The van der Waals surface area contributed by atoms with Crippen LogP contribution in [0.2, 0.25) is 0 Å². The molecule has 2 aromatic carbocycles. The van der Waals surface area contributed by atoms with Gasteiger partial charge in [-0.1, -0.05) is 12.1 Å². The Labute approximate surface area is 160 Å². The lowest BCUT2D eigenvalue weighted by Gasteiger charge is -2.12. The molecule has 0 saturated carbocycles. The molecule has 0 aliphatic carbocycles. The number of hydrogen-bond donors (Lipinski definition) is 2. The number of rotatable bonds is 7. The Balaban J connectivity index is 1.87. The van der Waals surface area contributed by atoms with Crippen molar-refractivity contribution in [2.24, 2.45) is 0 Å². The molecule has 0 heterocycles. The van der Waals surface area contributed by atoms with Gasteiger partial charge in [-0.3, -0.25) is 9.59 Å².